The number of hydrogen-bond acceptors (Lipinski definition) is 4. The topological polar surface area (TPSA) is 51.2 Å². The molecule has 0 saturated heterocycles. The highest BCUT2D eigenvalue weighted by Crippen LogP contribution is 2.66. The lowest BCUT2D eigenvalue weighted by Crippen LogP contribution is -2.51. The van der Waals surface area contributed by atoms with Gasteiger partial charge in [0.05, 0.1) is 4.91 Å². The summed E-state index contributed by atoms with van der Waals surface area (Å²) in [5.41, 5.74) is 2.63. The molecule has 0 aromatic heterocycles. The Labute approximate surface area is 165 Å². The van der Waals surface area contributed by atoms with Crippen LogP contribution in [0.2, 0.25) is 0 Å². The van der Waals surface area contributed by atoms with Gasteiger partial charge in [-0.25, -0.2) is 0 Å². The van der Waals surface area contributed by atoms with E-state index < -0.39 is 0 Å². The van der Waals surface area contributed by atoms with Crippen LogP contribution in [0.5, 0.6) is 0 Å². The average molecular weight is 385 g/mol. The second-order valence-electron chi connectivity index (χ2n) is 9.29. The first-order chi connectivity index (χ1) is 12.6. The van der Waals surface area contributed by atoms with Crippen molar-refractivity contribution in [2.24, 2.45) is 28.6 Å². The van der Waals surface area contributed by atoms with E-state index in [1.54, 1.807) is 6.08 Å². The maximum absolute atomic E-state index is 12.7. The molecule has 0 bridgehead atoms. The van der Waals surface area contributed by atoms with Crippen molar-refractivity contribution < 1.29 is 14.4 Å². The molecule has 3 nitrogen and oxygen atoms in total. The minimum atomic E-state index is -0.265. The Morgan fingerprint density at radius 3 is 2.59 bits per heavy atom. The lowest BCUT2D eigenvalue weighted by Gasteiger charge is -2.57. The smallest absolute Gasteiger partial charge is 0.192 e. The summed E-state index contributed by atoms with van der Waals surface area (Å²) in [5.74, 6) is 1.61. The molecule has 0 aromatic carbocycles. The van der Waals surface area contributed by atoms with Gasteiger partial charge >= 0.3 is 0 Å². The Morgan fingerprint density at radius 1 is 1.22 bits per heavy atom. The van der Waals surface area contributed by atoms with Crippen LogP contribution < -0.4 is 0 Å². The molecule has 4 aliphatic carbocycles. The molecule has 4 aliphatic rings. The quantitative estimate of drug-likeness (QED) is 0.636. The zero-order valence-corrected chi connectivity index (χ0v) is 17.5. The number of Topliss-reactive ketones (excluding diaryl/α,β-unsaturated/α-hetero) is 1. The van der Waals surface area contributed by atoms with Crippen molar-refractivity contribution in [2.75, 3.05) is 0 Å². The van der Waals surface area contributed by atoms with Crippen molar-refractivity contribution in [1.82, 2.24) is 0 Å². The van der Waals surface area contributed by atoms with E-state index in [1.807, 2.05) is 0 Å². The fourth-order valence-corrected chi connectivity index (χ4v) is 7.57. The zero-order valence-electron chi connectivity index (χ0n) is 16.7. The normalized spacial score (nSPS) is 41.1. The number of rotatable bonds is 1. The first-order valence-electron chi connectivity index (χ1n) is 9.98. The van der Waals surface area contributed by atoms with Crippen molar-refractivity contribution in [2.45, 2.75) is 59.8 Å². The van der Waals surface area contributed by atoms with Crippen molar-refractivity contribution in [1.29, 1.82) is 0 Å². The van der Waals surface area contributed by atoms with E-state index in [1.165, 1.54) is 6.92 Å². The van der Waals surface area contributed by atoms with Gasteiger partial charge in [0.2, 0.25) is 0 Å². The second-order valence-corrected chi connectivity index (χ2v) is 10.5. The maximum Gasteiger partial charge on any atom is 0.192 e. The van der Waals surface area contributed by atoms with Gasteiger partial charge in [-0.15, -0.1) is 0 Å². The van der Waals surface area contributed by atoms with Crippen LogP contribution in [0.25, 0.3) is 0 Å². The van der Waals surface area contributed by atoms with E-state index in [0.717, 1.165) is 54.2 Å². The molecule has 0 aromatic rings. The molecule has 4 rings (SSSR count). The highest BCUT2D eigenvalue weighted by molar-refractivity contribution is 8.17. The number of fused-ring (bicyclic) bond motifs is 5. The van der Waals surface area contributed by atoms with E-state index in [9.17, 15) is 14.4 Å². The number of carbonyl (C=O) groups is 3. The minimum Gasteiger partial charge on any atom is -0.299 e. The highest BCUT2D eigenvalue weighted by Gasteiger charge is 2.60. The average Bonchev–Trinajstić information content (AvgIpc) is 2.88. The van der Waals surface area contributed by atoms with Crippen LogP contribution in [0.15, 0.2) is 34.3 Å². The Bertz CT molecular complexity index is 848. The van der Waals surface area contributed by atoms with E-state index in [0.29, 0.717) is 34.9 Å². The third-order valence-electron chi connectivity index (χ3n) is 8.11. The Hall–Kier alpha value is -1.42. The number of carbonyl (C=O) groups excluding carboxylic acids is 3. The van der Waals surface area contributed by atoms with Crippen LogP contribution in [0.4, 0.5) is 0 Å². The summed E-state index contributed by atoms with van der Waals surface area (Å²) in [6.07, 6.45) is 6.19. The lowest BCUT2D eigenvalue weighted by atomic mass is 9.46. The van der Waals surface area contributed by atoms with Gasteiger partial charge in [-0.05, 0) is 79.3 Å². The second kappa shape index (κ2) is 6.04. The molecule has 3 fully saturated rings. The molecule has 3 saturated carbocycles. The van der Waals surface area contributed by atoms with Gasteiger partial charge in [0.25, 0.3) is 0 Å². The van der Waals surface area contributed by atoms with Crippen molar-refractivity contribution in [3.63, 3.8) is 0 Å². The molecule has 144 valence electrons. The zero-order chi connectivity index (χ0) is 19.7. The van der Waals surface area contributed by atoms with Crippen molar-refractivity contribution >= 4 is 28.4 Å². The Morgan fingerprint density at radius 2 is 1.93 bits per heavy atom. The molecule has 5 atom stereocenters. The summed E-state index contributed by atoms with van der Waals surface area (Å²) in [6, 6.07) is 0. The number of ketones is 2. The van der Waals surface area contributed by atoms with Gasteiger partial charge in [-0.3, -0.25) is 14.4 Å². The predicted octanol–water partition coefficient (Wildman–Crippen LogP) is 5.03. The summed E-state index contributed by atoms with van der Waals surface area (Å²) in [5, 5.41) is -0.0614. The molecule has 4 heteroatoms. The van der Waals surface area contributed by atoms with Crippen LogP contribution in [0.1, 0.15) is 59.8 Å². The van der Waals surface area contributed by atoms with Gasteiger partial charge in [0.1, 0.15) is 5.78 Å². The fourth-order valence-electron chi connectivity index (χ4n) is 6.67. The van der Waals surface area contributed by atoms with Gasteiger partial charge in [-0.2, -0.15) is 0 Å². The summed E-state index contributed by atoms with van der Waals surface area (Å²) < 4.78 is 0. The van der Waals surface area contributed by atoms with E-state index >= 15 is 0 Å². The third kappa shape index (κ3) is 2.45. The third-order valence-corrected chi connectivity index (χ3v) is 9.00. The van der Waals surface area contributed by atoms with Crippen LogP contribution in [-0.2, 0) is 14.4 Å². The summed E-state index contributed by atoms with van der Waals surface area (Å²) in [7, 11) is 0. The van der Waals surface area contributed by atoms with Gasteiger partial charge in [-0.1, -0.05) is 26.0 Å². The molecule has 0 spiro atoms. The first-order valence-corrected chi connectivity index (χ1v) is 10.8. The number of thioether (sulfide) groups is 1. The molecular formula is C23H28O3S. The van der Waals surface area contributed by atoms with Crippen molar-refractivity contribution in [3.8, 4) is 0 Å². The maximum atomic E-state index is 12.7. The van der Waals surface area contributed by atoms with E-state index in [4.69, 9.17) is 0 Å². The first kappa shape index (κ1) is 18.9. The summed E-state index contributed by atoms with van der Waals surface area (Å²) in [4.78, 5) is 37.7. The molecule has 0 heterocycles. The van der Waals surface area contributed by atoms with Crippen LogP contribution in [-0.4, -0.2) is 16.7 Å². The van der Waals surface area contributed by atoms with Crippen molar-refractivity contribution in [3.05, 3.63) is 34.3 Å². The molecule has 0 unspecified atom stereocenters. The predicted molar refractivity (Wildman–Crippen MR) is 108 cm³/mol. The van der Waals surface area contributed by atoms with E-state index in [2.05, 4.69) is 27.4 Å². The lowest BCUT2D eigenvalue weighted by molar-refractivity contribution is -0.131. The molecule has 0 amide bonds. The Balaban J connectivity index is 1.84. The molecule has 0 radical (unpaired) electrons. The molecule has 27 heavy (non-hydrogen) atoms. The Kier molecular flexibility index (Phi) is 4.23. The van der Waals surface area contributed by atoms with Crippen LogP contribution in [0.3, 0.4) is 0 Å². The molecular weight excluding hydrogens is 356 g/mol. The van der Waals surface area contributed by atoms with E-state index in [-0.39, 0.29) is 21.7 Å². The number of hydrogen-bond donors (Lipinski definition) is 0. The summed E-state index contributed by atoms with van der Waals surface area (Å²) >= 11 is 1.06. The SMILES string of the molecule is C=C1C[C@@H]2[C@H](CC[C@]3(C)C(=O)CC[C@@H]23)[C@@]2(C)C(C)=CC(=O)C(SC(C)=O)=C12. The molecule has 0 N–H and O–H groups in total. The minimum absolute atomic E-state index is 0.0588. The largest absolute Gasteiger partial charge is 0.299 e. The van der Waals surface area contributed by atoms with Gasteiger partial charge in [0.15, 0.2) is 10.9 Å². The van der Waals surface area contributed by atoms with Crippen LogP contribution in [0, 0.1) is 28.6 Å². The van der Waals surface area contributed by atoms with Gasteiger partial charge in [0, 0.05) is 24.2 Å². The number of allylic oxidation sites excluding steroid dienone is 5. The monoisotopic (exact) mass is 384 g/mol. The highest BCUT2D eigenvalue weighted by atomic mass is 32.2. The van der Waals surface area contributed by atoms with Gasteiger partial charge < -0.3 is 0 Å². The standard InChI is InChI=1S/C23H28O3S/c1-12-10-15-16-6-7-19(26)22(16,4)9-8-17(15)23(5)13(2)11-18(25)21(20(12)23)27-14(3)24/h11,15-17H,1,6-10H2,2-5H3/t15-,16-,17-,22-,23+/m0/s1. The summed E-state index contributed by atoms with van der Waals surface area (Å²) in [6.45, 7) is 12.3. The molecule has 0 aliphatic heterocycles. The fraction of sp³-hybridized carbons (Fsp3) is 0.609. The van der Waals surface area contributed by atoms with Crippen LogP contribution >= 0.6 is 11.8 Å².